The second-order valence-corrected chi connectivity index (χ2v) is 5.73. The predicted molar refractivity (Wildman–Crippen MR) is 89.3 cm³/mol. The summed E-state index contributed by atoms with van der Waals surface area (Å²) in [5.74, 6) is 0.460. The number of nitrogens with zero attached hydrogens (tertiary/aromatic N) is 2. The largest absolute Gasteiger partial charge is 1.00 e. The number of benzene rings is 2. The van der Waals surface area contributed by atoms with Gasteiger partial charge in [-0.3, -0.25) is 4.99 Å². The van der Waals surface area contributed by atoms with Crippen molar-refractivity contribution in [2.45, 2.75) is 6.54 Å². The molecule has 0 bridgehead atoms. The third-order valence-corrected chi connectivity index (χ3v) is 3.98. The third kappa shape index (κ3) is 4.08. The highest BCUT2D eigenvalue weighted by Crippen LogP contribution is 2.34. The summed E-state index contributed by atoms with van der Waals surface area (Å²) in [4.78, 5) is 6.37. The van der Waals surface area contributed by atoms with Crippen molar-refractivity contribution in [3.05, 3.63) is 63.9 Å². The molecule has 0 fully saturated rings. The lowest BCUT2D eigenvalue weighted by Gasteiger charge is -2.26. The van der Waals surface area contributed by atoms with Crippen LogP contribution in [0.1, 0.15) is 5.56 Å². The van der Waals surface area contributed by atoms with Crippen molar-refractivity contribution < 1.29 is 16.8 Å². The molecular weight excluding hydrogens is 360 g/mol. The smallest absolute Gasteiger partial charge is 0.199 e. The van der Waals surface area contributed by atoms with Crippen molar-refractivity contribution in [3.63, 3.8) is 0 Å². The monoisotopic (exact) mass is 372 g/mol. The van der Waals surface area contributed by atoms with Crippen LogP contribution in [0, 0.1) is 5.82 Å². The van der Waals surface area contributed by atoms with Crippen molar-refractivity contribution in [2.24, 2.45) is 4.99 Å². The van der Waals surface area contributed by atoms with E-state index in [1.807, 2.05) is 4.90 Å². The number of anilines is 1. The minimum atomic E-state index is -0.262. The van der Waals surface area contributed by atoms with E-state index in [1.165, 1.54) is 12.1 Å². The first-order valence-electron chi connectivity index (χ1n) is 6.89. The van der Waals surface area contributed by atoms with Gasteiger partial charge in [0.05, 0.1) is 28.8 Å². The Kier molecular flexibility index (Phi) is 6.10. The highest BCUT2D eigenvalue weighted by atomic mass is 35.5. The van der Waals surface area contributed by atoms with E-state index in [1.54, 1.807) is 30.3 Å². The van der Waals surface area contributed by atoms with E-state index in [4.69, 9.17) is 23.2 Å². The summed E-state index contributed by atoms with van der Waals surface area (Å²) in [5, 5.41) is 4.32. The topological polar surface area (TPSA) is 27.6 Å². The maximum Gasteiger partial charge on any atom is 0.199 e. The van der Waals surface area contributed by atoms with Gasteiger partial charge in [0, 0.05) is 6.54 Å². The second-order valence-electron chi connectivity index (χ2n) is 4.91. The van der Waals surface area contributed by atoms with E-state index in [-0.39, 0.29) is 18.2 Å². The Hall–Kier alpha value is -1.49. The van der Waals surface area contributed by atoms with Crippen LogP contribution in [0.3, 0.4) is 0 Å². The van der Waals surface area contributed by atoms with Crippen molar-refractivity contribution in [3.8, 4) is 0 Å². The molecule has 7 heteroatoms. The zero-order valence-electron chi connectivity index (χ0n) is 12.1. The molecule has 0 saturated carbocycles. The Morgan fingerprint density at radius 2 is 1.74 bits per heavy atom. The van der Waals surface area contributed by atoms with E-state index in [0.29, 0.717) is 28.8 Å². The number of aliphatic imine (C=N–C) groups is 1. The predicted octanol–water partition coefficient (Wildman–Crippen LogP) is 1.10. The summed E-state index contributed by atoms with van der Waals surface area (Å²) < 4.78 is 13.1. The highest BCUT2D eigenvalue weighted by molar-refractivity contribution is 6.40. The van der Waals surface area contributed by atoms with Crippen LogP contribution in [-0.4, -0.2) is 19.0 Å². The summed E-state index contributed by atoms with van der Waals surface area (Å²) in [6, 6.07) is 11.7. The van der Waals surface area contributed by atoms with Crippen molar-refractivity contribution in [1.82, 2.24) is 5.32 Å². The van der Waals surface area contributed by atoms with Gasteiger partial charge in [-0.1, -0.05) is 41.4 Å². The number of hydrogen-bond acceptors (Lipinski definition) is 3. The Balaban J connectivity index is 0.00000192. The fourth-order valence-corrected chi connectivity index (χ4v) is 2.95. The number of halogens is 4. The van der Waals surface area contributed by atoms with E-state index in [2.05, 4.69) is 10.3 Å². The number of para-hydroxylation sites is 1. The number of hydrogen-bond donors (Lipinski definition) is 1. The Morgan fingerprint density at radius 3 is 2.30 bits per heavy atom. The molecule has 122 valence electrons. The van der Waals surface area contributed by atoms with Crippen molar-refractivity contribution in [2.75, 3.05) is 18.0 Å². The van der Waals surface area contributed by atoms with Gasteiger partial charge in [0.1, 0.15) is 5.82 Å². The quantitative estimate of drug-likeness (QED) is 0.873. The lowest BCUT2D eigenvalue weighted by molar-refractivity contribution is -0.00000487. The highest BCUT2D eigenvalue weighted by Gasteiger charge is 2.21. The molecule has 3 nitrogen and oxygen atoms in total. The molecule has 0 unspecified atom stereocenters. The van der Waals surface area contributed by atoms with Crippen LogP contribution < -0.4 is 22.6 Å². The Bertz CT molecular complexity index is 684. The minimum Gasteiger partial charge on any atom is -1.00 e. The first kappa shape index (κ1) is 17.9. The summed E-state index contributed by atoms with van der Waals surface area (Å²) in [7, 11) is 0. The average molecular weight is 374 g/mol. The van der Waals surface area contributed by atoms with Crippen LogP contribution in [0.2, 0.25) is 10.0 Å². The van der Waals surface area contributed by atoms with Gasteiger partial charge in [-0.15, -0.1) is 0 Å². The fourth-order valence-electron chi connectivity index (χ4n) is 2.35. The van der Waals surface area contributed by atoms with Gasteiger partial charge in [-0.25, -0.2) is 4.39 Å². The molecule has 23 heavy (non-hydrogen) atoms. The first-order valence-corrected chi connectivity index (χ1v) is 7.65. The maximum atomic E-state index is 13.1. The van der Waals surface area contributed by atoms with Crippen LogP contribution in [0.5, 0.6) is 0 Å². The molecule has 0 atom stereocenters. The average Bonchev–Trinajstić information content (AvgIpc) is 3.02. The second kappa shape index (κ2) is 7.86. The molecule has 3 rings (SSSR count). The van der Waals surface area contributed by atoms with E-state index >= 15 is 0 Å². The fraction of sp³-hybridized carbons (Fsp3) is 0.188. The van der Waals surface area contributed by atoms with Gasteiger partial charge in [-0.2, -0.15) is 0 Å². The van der Waals surface area contributed by atoms with Crippen LogP contribution in [-0.2, 0) is 6.54 Å². The molecule has 1 N–H and O–H groups in total. The zero-order chi connectivity index (χ0) is 15.5. The minimum absolute atomic E-state index is 0. The lowest BCUT2D eigenvalue weighted by Crippen LogP contribution is -3.00. The SMILES string of the molecule is Fc1ccc(CN(C2=NCCN2)c2c(Cl)cccc2Cl)cc1.[Cl-]. The van der Waals surface area contributed by atoms with Crippen molar-refractivity contribution in [1.29, 1.82) is 0 Å². The third-order valence-electron chi connectivity index (χ3n) is 3.37. The summed E-state index contributed by atoms with van der Waals surface area (Å²) in [5.41, 5.74) is 1.64. The maximum absolute atomic E-state index is 13.1. The summed E-state index contributed by atoms with van der Waals surface area (Å²) >= 11 is 12.7. The standard InChI is InChI=1S/C16H14Cl2FN3.ClH/c17-13-2-1-3-14(18)15(13)22(16-20-8-9-21-16)10-11-4-6-12(19)7-5-11;/h1-7H,8-10H2,(H,20,21);1H/p-1. The molecule has 2 aromatic carbocycles. The summed E-state index contributed by atoms with van der Waals surface area (Å²) in [6.45, 7) is 1.98. The molecule has 1 aliphatic heterocycles. The molecule has 2 aromatic rings. The Morgan fingerprint density at radius 1 is 1.09 bits per heavy atom. The van der Waals surface area contributed by atoms with Crippen molar-refractivity contribution >= 4 is 34.8 Å². The lowest BCUT2D eigenvalue weighted by atomic mass is 10.2. The van der Waals surface area contributed by atoms with Gasteiger partial charge >= 0.3 is 0 Å². The summed E-state index contributed by atoms with van der Waals surface area (Å²) in [6.07, 6.45) is 0. The van der Waals surface area contributed by atoms with Gasteiger partial charge in [0.2, 0.25) is 0 Å². The molecule has 0 amide bonds. The molecule has 1 heterocycles. The zero-order valence-corrected chi connectivity index (χ0v) is 14.3. The van der Waals surface area contributed by atoms with Gasteiger partial charge in [0.15, 0.2) is 5.96 Å². The van der Waals surface area contributed by atoms with Crippen LogP contribution in [0.25, 0.3) is 0 Å². The Labute approximate surface area is 150 Å². The number of guanidine groups is 1. The van der Waals surface area contributed by atoms with Gasteiger partial charge in [0.25, 0.3) is 0 Å². The van der Waals surface area contributed by atoms with E-state index in [9.17, 15) is 4.39 Å². The molecule has 0 spiro atoms. The molecular formula is C16H14Cl3FN3-. The van der Waals surface area contributed by atoms with Gasteiger partial charge in [-0.05, 0) is 29.8 Å². The van der Waals surface area contributed by atoms with Crippen LogP contribution in [0.15, 0.2) is 47.5 Å². The molecule has 1 aliphatic rings. The molecule has 0 aromatic heterocycles. The van der Waals surface area contributed by atoms with E-state index < -0.39 is 0 Å². The number of rotatable bonds is 3. The van der Waals surface area contributed by atoms with Gasteiger partial charge < -0.3 is 22.6 Å². The normalized spacial score (nSPS) is 13.1. The number of nitrogens with one attached hydrogen (secondary N) is 1. The first-order chi connectivity index (χ1) is 10.6. The molecule has 0 aliphatic carbocycles. The van der Waals surface area contributed by atoms with E-state index in [0.717, 1.165) is 18.1 Å². The molecule has 0 saturated heterocycles. The van der Waals surface area contributed by atoms with Crippen LogP contribution in [0.4, 0.5) is 10.1 Å². The van der Waals surface area contributed by atoms with Crippen LogP contribution >= 0.6 is 23.2 Å². The molecule has 0 radical (unpaired) electrons.